The van der Waals surface area contributed by atoms with Crippen LogP contribution in [0.15, 0.2) is 57.9 Å². The van der Waals surface area contributed by atoms with Crippen LogP contribution in [0.5, 0.6) is 5.75 Å². The SMILES string of the molecule is Cc1noc(C)c1NC(=O)Nc1ccc2c(c1)C(=O)N([C@H](C)CO)C[C@H](C)[C@@H](CN(C)S(=O)(=O)c1ccccc1)OCCCC[C@@H](C)O2. The second-order valence-corrected chi connectivity index (χ2v) is 14.4. The average molecular weight is 686 g/mol. The Morgan fingerprint density at radius 1 is 1.12 bits per heavy atom. The summed E-state index contributed by atoms with van der Waals surface area (Å²) in [5.74, 6) is 0.0648. The molecule has 0 aliphatic carbocycles. The molecule has 2 heterocycles. The van der Waals surface area contributed by atoms with E-state index in [0.717, 1.165) is 12.8 Å². The number of anilines is 2. The second-order valence-electron chi connectivity index (χ2n) is 12.4. The van der Waals surface area contributed by atoms with E-state index in [2.05, 4.69) is 15.8 Å². The summed E-state index contributed by atoms with van der Waals surface area (Å²) in [4.78, 5) is 29.0. The molecular weight excluding hydrogens is 638 g/mol. The fraction of sp³-hybridized carbons (Fsp3) is 0.500. The Bertz CT molecular complexity index is 1630. The summed E-state index contributed by atoms with van der Waals surface area (Å²) < 4.78 is 45.7. The highest BCUT2D eigenvalue weighted by molar-refractivity contribution is 7.89. The number of aliphatic hydroxyl groups excluding tert-OH is 1. The smallest absolute Gasteiger partial charge is 0.323 e. The predicted molar refractivity (Wildman–Crippen MR) is 182 cm³/mol. The molecule has 0 radical (unpaired) electrons. The van der Waals surface area contributed by atoms with E-state index in [-0.39, 0.29) is 42.2 Å². The first kappa shape index (κ1) is 36.8. The number of carbonyl (C=O) groups excluding carboxylic acids is 2. The van der Waals surface area contributed by atoms with Crippen LogP contribution in [0.25, 0.3) is 0 Å². The minimum absolute atomic E-state index is 0.0678. The van der Waals surface area contributed by atoms with Gasteiger partial charge in [-0.1, -0.05) is 30.3 Å². The third-order valence-corrected chi connectivity index (χ3v) is 10.3. The van der Waals surface area contributed by atoms with E-state index in [9.17, 15) is 23.1 Å². The number of likely N-dealkylation sites (N-methyl/N-ethyl adjacent to an activating group) is 1. The second kappa shape index (κ2) is 16.4. The number of benzene rings is 2. The van der Waals surface area contributed by atoms with Crippen molar-refractivity contribution in [3.8, 4) is 5.75 Å². The maximum atomic E-state index is 14.4. The quantitative estimate of drug-likeness (QED) is 0.294. The Kier molecular flexibility index (Phi) is 12.6. The number of ether oxygens (including phenoxy) is 2. The third-order valence-electron chi connectivity index (χ3n) is 8.47. The lowest BCUT2D eigenvalue weighted by molar-refractivity contribution is -0.00833. The Balaban J connectivity index is 1.63. The van der Waals surface area contributed by atoms with Crippen LogP contribution in [-0.2, 0) is 14.8 Å². The average Bonchev–Trinajstić information content (AvgIpc) is 3.38. The Morgan fingerprint density at radius 2 is 1.85 bits per heavy atom. The van der Waals surface area contributed by atoms with Crippen LogP contribution in [0.3, 0.4) is 0 Å². The van der Waals surface area contributed by atoms with E-state index in [4.69, 9.17) is 14.0 Å². The molecule has 14 heteroatoms. The normalized spacial score (nSPS) is 20.4. The molecule has 4 rings (SSSR count). The monoisotopic (exact) mass is 685 g/mol. The number of aliphatic hydroxyl groups is 1. The van der Waals surface area contributed by atoms with E-state index in [1.54, 1.807) is 74.2 Å². The van der Waals surface area contributed by atoms with Crippen LogP contribution >= 0.6 is 0 Å². The van der Waals surface area contributed by atoms with Crippen LogP contribution in [-0.4, -0.2) is 91.4 Å². The number of nitrogens with one attached hydrogen (secondary N) is 2. The number of carbonyl (C=O) groups is 2. The van der Waals surface area contributed by atoms with Gasteiger partial charge in [0.05, 0.1) is 35.3 Å². The van der Waals surface area contributed by atoms with Gasteiger partial charge in [-0.15, -0.1) is 0 Å². The molecule has 3 N–H and O–H groups in total. The number of sulfonamides is 1. The molecule has 1 aliphatic rings. The number of urea groups is 1. The van der Waals surface area contributed by atoms with Gasteiger partial charge in [0.15, 0.2) is 5.76 Å². The maximum Gasteiger partial charge on any atom is 0.323 e. The van der Waals surface area contributed by atoms with Crippen LogP contribution in [0.1, 0.15) is 61.8 Å². The topological polar surface area (TPSA) is 164 Å². The number of hydrogen-bond donors (Lipinski definition) is 3. The molecule has 2 aromatic carbocycles. The van der Waals surface area contributed by atoms with Crippen molar-refractivity contribution in [2.45, 2.75) is 77.0 Å². The lowest BCUT2D eigenvalue weighted by atomic mass is 10.0. The predicted octanol–water partition coefficient (Wildman–Crippen LogP) is 5.05. The van der Waals surface area contributed by atoms with Gasteiger partial charge in [-0.2, -0.15) is 4.31 Å². The highest BCUT2D eigenvalue weighted by Crippen LogP contribution is 2.29. The van der Waals surface area contributed by atoms with Gasteiger partial charge in [-0.05, 0) is 77.3 Å². The number of aromatic nitrogens is 1. The zero-order valence-electron chi connectivity index (χ0n) is 28.4. The van der Waals surface area contributed by atoms with Crippen LogP contribution in [0.4, 0.5) is 16.2 Å². The lowest BCUT2D eigenvalue weighted by Crippen LogP contribution is -2.48. The molecule has 0 bridgehead atoms. The van der Waals surface area contributed by atoms with Crippen molar-refractivity contribution in [3.63, 3.8) is 0 Å². The molecule has 0 fully saturated rings. The molecule has 13 nitrogen and oxygen atoms in total. The summed E-state index contributed by atoms with van der Waals surface area (Å²) in [6.07, 6.45) is 1.43. The summed E-state index contributed by atoms with van der Waals surface area (Å²) in [7, 11) is -2.26. The first-order valence-corrected chi connectivity index (χ1v) is 17.6. The van der Waals surface area contributed by atoms with E-state index >= 15 is 0 Å². The minimum atomic E-state index is -3.78. The largest absolute Gasteiger partial charge is 0.490 e. The van der Waals surface area contributed by atoms with Crippen LogP contribution < -0.4 is 15.4 Å². The number of rotatable bonds is 8. The van der Waals surface area contributed by atoms with Crippen molar-refractivity contribution in [2.75, 3.05) is 44.0 Å². The van der Waals surface area contributed by atoms with Gasteiger partial charge in [0.25, 0.3) is 5.91 Å². The summed E-state index contributed by atoms with van der Waals surface area (Å²) in [6.45, 7) is 9.28. The van der Waals surface area contributed by atoms with Crippen LogP contribution in [0.2, 0.25) is 0 Å². The van der Waals surface area contributed by atoms with Crippen molar-refractivity contribution in [1.29, 1.82) is 0 Å². The molecular formula is C34H47N5O8S. The summed E-state index contributed by atoms with van der Waals surface area (Å²) in [5.41, 5.74) is 1.54. The number of aryl methyl sites for hydroxylation is 2. The standard InChI is InChI=1S/C34H47N5O8S/c1-22-19-39(23(2)21-40)33(41)29-18-27(35-34(42)36-32-25(4)37-47-26(32)5)15-16-30(29)46-24(3)12-10-11-17-45-31(22)20-38(6)48(43,44)28-13-8-7-9-14-28/h7-9,13-16,18,22-24,31,40H,10-12,17,19-21H2,1-6H3,(H2,35,36,42)/t22-,23+,24+,31+/m0/s1. The van der Waals surface area contributed by atoms with Gasteiger partial charge in [0.1, 0.15) is 17.1 Å². The molecule has 1 aromatic heterocycles. The Morgan fingerprint density at radius 3 is 2.52 bits per heavy atom. The van der Waals surface area contributed by atoms with Gasteiger partial charge >= 0.3 is 6.03 Å². The molecule has 3 amide bonds. The van der Waals surface area contributed by atoms with Crippen molar-refractivity contribution in [1.82, 2.24) is 14.4 Å². The molecule has 262 valence electrons. The molecule has 48 heavy (non-hydrogen) atoms. The van der Waals surface area contributed by atoms with Gasteiger partial charge in [-0.25, -0.2) is 13.2 Å². The maximum absolute atomic E-state index is 14.4. The fourth-order valence-corrected chi connectivity index (χ4v) is 6.73. The first-order valence-electron chi connectivity index (χ1n) is 16.2. The molecule has 3 aromatic rings. The van der Waals surface area contributed by atoms with Gasteiger partial charge in [0, 0.05) is 38.3 Å². The van der Waals surface area contributed by atoms with Crippen molar-refractivity contribution in [3.05, 3.63) is 65.5 Å². The number of amides is 3. The molecule has 0 saturated heterocycles. The third kappa shape index (κ3) is 9.13. The van der Waals surface area contributed by atoms with E-state index < -0.39 is 34.1 Å². The summed E-state index contributed by atoms with van der Waals surface area (Å²) in [5, 5.41) is 19.6. The summed E-state index contributed by atoms with van der Waals surface area (Å²) in [6, 6.07) is 11.9. The zero-order valence-corrected chi connectivity index (χ0v) is 29.2. The highest BCUT2D eigenvalue weighted by atomic mass is 32.2. The number of hydrogen-bond acceptors (Lipinski definition) is 9. The molecule has 0 unspecified atom stereocenters. The van der Waals surface area contributed by atoms with E-state index in [1.807, 2.05) is 13.8 Å². The number of fused-ring (bicyclic) bond motifs is 1. The molecule has 4 atom stereocenters. The zero-order chi connectivity index (χ0) is 35.0. The Labute approximate surface area is 282 Å². The summed E-state index contributed by atoms with van der Waals surface area (Å²) >= 11 is 0. The highest BCUT2D eigenvalue weighted by Gasteiger charge is 2.32. The molecule has 1 aliphatic heterocycles. The number of nitrogens with zero attached hydrogens (tertiary/aromatic N) is 3. The van der Waals surface area contributed by atoms with Crippen molar-refractivity contribution >= 4 is 33.3 Å². The van der Waals surface area contributed by atoms with E-state index in [0.29, 0.717) is 41.6 Å². The molecule has 0 spiro atoms. The minimum Gasteiger partial charge on any atom is -0.490 e. The van der Waals surface area contributed by atoms with Gasteiger partial charge in [-0.3, -0.25) is 4.79 Å². The van der Waals surface area contributed by atoms with Gasteiger partial charge < -0.3 is 34.6 Å². The Hall–Kier alpha value is -3.98. The van der Waals surface area contributed by atoms with Crippen molar-refractivity contribution in [2.24, 2.45) is 5.92 Å². The lowest BCUT2D eigenvalue weighted by Gasteiger charge is -2.35. The molecule has 0 saturated carbocycles. The van der Waals surface area contributed by atoms with E-state index in [1.165, 1.54) is 11.4 Å². The fourth-order valence-electron chi connectivity index (χ4n) is 5.52. The van der Waals surface area contributed by atoms with Gasteiger partial charge in [0.2, 0.25) is 10.0 Å². The van der Waals surface area contributed by atoms with Crippen LogP contribution in [0, 0.1) is 19.8 Å². The first-order chi connectivity index (χ1) is 22.8. The van der Waals surface area contributed by atoms with Crippen molar-refractivity contribution < 1.29 is 37.1 Å².